The van der Waals surface area contributed by atoms with Gasteiger partial charge in [-0.1, -0.05) is 31.5 Å². The van der Waals surface area contributed by atoms with Crippen molar-refractivity contribution in [1.29, 1.82) is 0 Å². The predicted molar refractivity (Wildman–Crippen MR) is 55.6 cm³/mol. The van der Waals surface area contributed by atoms with Crippen LogP contribution in [0.4, 0.5) is 0 Å². The summed E-state index contributed by atoms with van der Waals surface area (Å²) in [7, 11) is 0. The molecule has 0 bridgehead atoms. The average Bonchev–Trinajstić information content (AvgIpc) is 2.61. The van der Waals surface area contributed by atoms with Crippen molar-refractivity contribution in [2.24, 2.45) is 0 Å². The maximum absolute atomic E-state index is 9.92. The molecule has 2 atom stereocenters. The molecule has 1 aliphatic heterocycles. The van der Waals surface area contributed by atoms with Crippen LogP contribution in [0, 0.1) is 0 Å². The van der Waals surface area contributed by atoms with Crippen molar-refractivity contribution in [3.63, 3.8) is 0 Å². The van der Waals surface area contributed by atoms with Gasteiger partial charge in [-0.3, -0.25) is 0 Å². The number of hydrogen-bond acceptors (Lipinski definition) is 2. The highest BCUT2D eigenvalue weighted by atomic mass is 16.5. The molecule has 1 aromatic rings. The third-order valence-corrected chi connectivity index (χ3v) is 2.79. The van der Waals surface area contributed by atoms with Crippen LogP contribution >= 0.6 is 0 Å². The second-order valence-electron chi connectivity index (χ2n) is 3.81. The molecule has 1 unspecified atom stereocenters. The van der Waals surface area contributed by atoms with Crippen LogP contribution in [-0.2, 0) is 0 Å². The van der Waals surface area contributed by atoms with Gasteiger partial charge in [0, 0.05) is 11.5 Å². The van der Waals surface area contributed by atoms with Gasteiger partial charge in [0.05, 0.1) is 12.7 Å². The summed E-state index contributed by atoms with van der Waals surface area (Å²) in [6, 6.07) is 7.98. The summed E-state index contributed by atoms with van der Waals surface area (Å²) in [5.74, 6) is 1.11. The number of ether oxygens (including phenoxy) is 1. The minimum atomic E-state index is -0.261. The zero-order chi connectivity index (χ0) is 9.97. The highest BCUT2D eigenvalue weighted by molar-refractivity contribution is 5.40. The first kappa shape index (κ1) is 9.53. The zero-order valence-corrected chi connectivity index (χ0v) is 8.44. The van der Waals surface area contributed by atoms with Gasteiger partial charge in [0.25, 0.3) is 0 Å². The predicted octanol–water partition coefficient (Wildman–Crippen LogP) is 2.32. The first-order valence-corrected chi connectivity index (χ1v) is 5.22. The minimum absolute atomic E-state index is 0.172. The van der Waals surface area contributed by atoms with Crippen molar-refractivity contribution in [3.05, 3.63) is 29.8 Å². The van der Waals surface area contributed by atoms with Gasteiger partial charge in [-0.15, -0.1) is 0 Å². The number of aliphatic hydroxyl groups excluding tert-OH is 1. The molecule has 2 heteroatoms. The Kier molecular flexibility index (Phi) is 2.73. The molecule has 0 saturated carbocycles. The molecule has 0 amide bonds. The van der Waals surface area contributed by atoms with E-state index in [9.17, 15) is 5.11 Å². The van der Waals surface area contributed by atoms with E-state index in [2.05, 4.69) is 6.92 Å². The molecule has 2 nitrogen and oxygen atoms in total. The molecular formula is C12H16O2. The second-order valence-corrected chi connectivity index (χ2v) is 3.81. The summed E-state index contributed by atoms with van der Waals surface area (Å²) in [6.45, 7) is 2.71. The van der Waals surface area contributed by atoms with Crippen LogP contribution in [0.3, 0.4) is 0 Å². The molecule has 0 radical (unpaired) electrons. The van der Waals surface area contributed by atoms with Crippen LogP contribution in [0.2, 0.25) is 0 Å². The first-order chi connectivity index (χ1) is 6.83. The molecule has 0 aromatic heterocycles. The van der Waals surface area contributed by atoms with Crippen molar-refractivity contribution < 1.29 is 9.84 Å². The Morgan fingerprint density at radius 2 is 2.29 bits per heavy atom. The van der Waals surface area contributed by atoms with E-state index in [0.29, 0.717) is 6.61 Å². The molecule has 0 fully saturated rings. The third kappa shape index (κ3) is 1.62. The molecule has 1 N–H and O–H groups in total. The largest absolute Gasteiger partial charge is 0.493 e. The standard InChI is InChI=1S/C12H16O2/c1-2-5-11(13)10-8-14-12-7-4-3-6-9(10)12/h3-4,6-7,10-11,13H,2,5,8H2,1H3/t10?,11-/m1/s1. The van der Waals surface area contributed by atoms with Crippen LogP contribution < -0.4 is 4.74 Å². The fourth-order valence-electron chi connectivity index (χ4n) is 2.00. The number of para-hydroxylation sites is 1. The molecule has 0 spiro atoms. The Labute approximate surface area is 84.5 Å². The fourth-order valence-corrected chi connectivity index (χ4v) is 2.00. The van der Waals surface area contributed by atoms with E-state index < -0.39 is 0 Å². The molecule has 76 valence electrons. The van der Waals surface area contributed by atoms with Crippen LogP contribution in [0.1, 0.15) is 31.2 Å². The van der Waals surface area contributed by atoms with Crippen LogP contribution in [-0.4, -0.2) is 17.8 Å². The van der Waals surface area contributed by atoms with E-state index in [1.807, 2.05) is 24.3 Å². The second kappa shape index (κ2) is 4.01. The van der Waals surface area contributed by atoms with Gasteiger partial charge in [-0.25, -0.2) is 0 Å². The lowest BCUT2D eigenvalue weighted by molar-refractivity contribution is 0.119. The summed E-state index contributed by atoms with van der Waals surface area (Å²) in [5.41, 5.74) is 1.16. The van der Waals surface area contributed by atoms with Crippen molar-refractivity contribution in [2.75, 3.05) is 6.61 Å². The lowest BCUT2D eigenvalue weighted by Gasteiger charge is -2.15. The molecule has 14 heavy (non-hydrogen) atoms. The number of hydrogen-bond donors (Lipinski definition) is 1. The maximum atomic E-state index is 9.92. The maximum Gasteiger partial charge on any atom is 0.123 e. The summed E-state index contributed by atoms with van der Waals surface area (Å²) in [6.07, 6.45) is 1.60. The lowest BCUT2D eigenvalue weighted by atomic mass is 9.93. The third-order valence-electron chi connectivity index (χ3n) is 2.79. The monoisotopic (exact) mass is 192 g/mol. The lowest BCUT2D eigenvalue weighted by Crippen LogP contribution is -2.19. The Balaban J connectivity index is 2.17. The first-order valence-electron chi connectivity index (χ1n) is 5.22. The molecule has 2 rings (SSSR count). The van der Waals surface area contributed by atoms with Gasteiger partial charge >= 0.3 is 0 Å². The molecule has 1 aliphatic rings. The van der Waals surface area contributed by atoms with E-state index >= 15 is 0 Å². The summed E-state index contributed by atoms with van der Waals surface area (Å²) in [5, 5.41) is 9.92. The highest BCUT2D eigenvalue weighted by Crippen LogP contribution is 2.36. The minimum Gasteiger partial charge on any atom is -0.493 e. The Morgan fingerprint density at radius 3 is 3.07 bits per heavy atom. The van der Waals surface area contributed by atoms with Crippen molar-refractivity contribution in [2.45, 2.75) is 31.8 Å². The van der Waals surface area contributed by atoms with Gasteiger partial charge in [0.2, 0.25) is 0 Å². The Bertz CT molecular complexity index is 309. The quantitative estimate of drug-likeness (QED) is 0.796. The van der Waals surface area contributed by atoms with Crippen molar-refractivity contribution >= 4 is 0 Å². The molecule has 0 saturated heterocycles. The fraction of sp³-hybridized carbons (Fsp3) is 0.500. The summed E-state index contributed by atoms with van der Waals surface area (Å²) >= 11 is 0. The SMILES string of the molecule is CCC[C@@H](O)C1COc2ccccc21. The Hall–Kier alpha value is -1.02. The van der Waals surface area contributed by atoms with Crippen LogP contribution in [0.5, 0.6) is 5.75 Å². The van der Waals surface area contributed by atoms with Crippen molar-refractivity contribution in [3.8, 4) is 5.75 Å². The van der Waals surface area contributed by atoms with Crippen LogP contribution in [0.25, 0.3) is 0 Å². The normalized spacial score (nSPS) is 21.4. The van der Waals surface area contributed by atoms with E-state index in [1.165, 1.54) is 0 Å². The van der Waals surface area contributed by atoms with Gasteiger partial charge in [-0.2, -0.15) is 0 Å². The topological polar surface area (TPSA) is 29.5 Å². The van der Waals surface area contributed by atoms with Gasteiger partial charge < -0.3 is 9.84 Å². The zero-order valence-electron chi connectivity index (χ0n) is 8.44. The van der Waals surface area contributed by atoms with Crippen molar-refractivity contribution in [1.82, 2.24) is 0 Å². The van der Waals surface area contributed by atoms with E-state index in [4.69, 9.17) is 4.74 Å². The highest BCUT2D eigenvalue weighted by Gasteiger charge is 2.29. The average molecular weight is 192 g/mol. The van der Waals surface area contributed by atoms with E-state index in [-0.39, 0.29) is 12.0 Å². The number of benzene rings is 1. The number of rotatable bonds is 3. The number of fused-ring (bicyclic) bond motifs is 1. The van der Waals surface area contributed by atoms with Gasteiger partial charge in [0.15, 0.2) is 0 Å². The van der Waals surface area contributed by atoms with Gasteiger partial charge in [-0.05, 0) is 12.5 Å². The molecule has 1 heterocycles. The summed E-state index contributed by atoms with van der Waals surface area (Å²) in [4.78, 5) is 0. The smallest absolute Gasteiger partial charge is 0.123 e. The molecule has 1 aromatic carbocycles. The summed E-state index contributed by atoms with van der Waals surface area (Å²) < 4.78 is 5.52. The molecule has 0 aliphatic carbocycles. The van der Waals surface area contributed by atoms with E-state index in [0.717, 1.165) is 24.2 Å². The molecular weight excluding hydrogens is 176 g/mol. The van der Waals surface area contributed by atoms with E-state index in [1.54, 1.807) is 0 Å². The number of aliphatic hydroxyl groups is 1. The van der Waals surface area contributed by atoms with Gasteiger partial charge in [0.1, 0.15) is 5.75 Å². The van der Waals surface area contributed by atoms with Crippen LogP contribution in [0.15, 0.2) is 24.3 Å². The Morgan fingerprint density at radius 1 is 1.50 bits per heavy atom.